The highest BCUT2D eigenvalue weighted by Gasteiger charge is 2.43. The van der Waals surface area contributed by atoms with Gasteiger partial charge in [0.25, 0.3) is 0 Å². The molecule has 4 aromatic heterocycles. The van der Waals surface area contributed by atoms with Crippen LogP contribution in [0.25, 0.3) is 5.65 Å². The number of halogens is 1. The van der Waals surface area contributed by atoms with E-state index in [4.69, 9.17) is 15.2 Å². The summed E-state index contributed by atoms with van der Waals surface area (Å²) in [6.07, 6.45) is 7.69. The lowest BCUT2D eigenvalue weighted by molar-refractivity contribution is -0.134. The number of alkyl halides is 1. The van der Waals surface area contributed by atoms with E-state index in [0.717, 1.165) is 35.2 Å². The number of hydrogen-bond acceptors (Lipinski definition) is 8. The molecule has 0 spiro atoms. The van der Waals surface area contributed by atoms with Crippen molar-refractivity contribution in [1.82, 2.24) is 24.3 Å². The summed E-state index contributed by atoms with van der Waals surface area (Å²) in [6.45, 7) is 4.83. The molecule has 3 N–H and O–H groups in total. The predicted molar refractivity (Wildman–Crippen MR) is 133 cm³/mol. The highest BCUT2D eigenvalue weighted by atomic mass is 19.1. The number of aryl methyl sites for hydroxylation is 2. The zero-order chi connectivity index (χ0) is 24.9. The number of nitrogens with two attached hydrogens (primary N) is 1. The second-order valence-electron chi connectivity index (χ2n) is 9.69. The number of aromatic nitrogens is 5. The van der Waals surface area contributed by atoms with Crippen LogP contribution in [0.2, 0.25) is 0 Å². The largest absolute Gasteiger partial charge is 0.471 e. The predicted octanol–water partition coefficient (Wildman–Crippen LogP) is 3.98. The maximum absolute atomic E-state index is 15.4. The highest BCUT2D eigenvalue weighted by Crippen LogP contribution is 2.43. The number of ether oxygens (including phenoxy) is 2. The van der Waals surface area contributed by atoms with Crippen LogP contribution >= 0.6 is 0 Å². The molecule has 5 heterocycles. The Morgan fingerprint density at radius 1 is 1.17 bits per heavy atom. The van der Waals surface area contributed by atoms with Gasteiger partial charge in [-0.1, -0.05) is 0 Å². The van der Waals surface area contributed by atoms with E-state index >= 15 is 4.39 Å². The minimum Gasteiger partial charge on any atom is -0.471 e. The van der Waals surface area contributed by atoms with Crippen molar-refractivity contribution in [3.8, 4) is 5.88 Å². The summed E-state index contributed by atoms with van der Waals surface area (Å²) in [5, 5.41) is 3.30. The molecule has 6 rings (SSSR count). The maximum Gasteiger partial charge on any atom is 0.218 e. The van der Waals surface area contributed by atoms with Crippen LogP contribution < -0.4 is 15.8 Å². The number of pyridine rings is 2. The molecule has 9 nitrogen and oxygen atoms in total. The molecule has 0 aromatic carbocycles. The van der Waals surface area contributed by atoms with Crippen LogP contribution in [0.5, 0.6) is 5.88 Å². The van der Waals surface area contributed by atoms with Gasteiger partial charge in [-0.05, 0) is 61.4 Å². The summed E-state index contributed by atoms with van der Waals surface area (Å²) in [5.74, 6) is 2.06. The first-order valence-corrected chi connectivity index (χ1v) is 12.1. The van der Waals surface area contributed by atoms with Crippen molar-refractivity contribution in [2.45, 2.75) is 51.4 Å². The summed E-state index contributed by atoms with van der Waals surface area (Å²) in [4.78, 5) is 17.5. The smallest absolute Gasteiger partial charge is 0.218 e. The van der Waals surface area contributed by atoms with Gasteiger partial charge in [0.15, 0.2) is 5.67 Å². The normalized spacial score (nSPS) is 16.6. The van der Waals surface area contributed by atoms with Gasteiger partial charge in [-0.15, -0.1) is 0 Å². The van der Waals surface area contributed by atoms with Crippen LogP contribution in [0.1, 0.15) is 52.4 Å². The number of nitrogen functional groups attached to an aromatic ring is 1. The van der Waals surface area contributed by atoms with Gasteiger partial charge in [0, 0.05) is 36.3 Å². The molecule has 2 aliphatic rings. The molecule has 0 atom stereocenters. The van der Waals surface area contributed by atoms with Gasteiger partial charge in [-0.2, -0.15) is 0 Å². The first kappa shape index (κ1) is 22.7. The molecule has 0 radical (unpaired) electrons. The number of nitrogens with zero attached hydrogens (tertiary/aromatic N) is 5. The number of fused-ring (bicyclic) bond motifs is 1. The average Bonchev–Trinajstić information content (AvgIpc) is 3.59. The summed E-state index contributed by atoms with van der Waals surface area (Å²) in [6, 6.07) is 5.56. The minimum absolute atomic E-state index is 0.0671. The molecule has 186 valence electrons. The molecule has 1 aliphatic carbocycles. The molecular weight excluding hydrogens is 461 g/mol. The average molecular weight is 490 g/mol. The standard InChI is InChI=1S/C26H28FN7O2/c1-15-5-22(28)32-16(2)20(15)8-29-23-7-24(31-14-30-23)36-11-19-10-34-9-18(17-3-4-17)6-21(25(34)33-19)26(27)12-35-13-26/h5-7,9-10,14,17H,3-4,8,11-13H2,1-2H3,(H2,28,32)(H,29,30,31). The Morgan fingerprint density at radius 3 is 2.72 bits per heavy atom. The first-order valence-electron chi connectivity index (χ1n) is 12.1. The van der Waals surface area contributed by atoms with Crippen molar-refractivity contribution in [1.29, 1.82) is 0 Å². The second kappa shape index (κ2) is 8.70. The Labute approximate surface area is 207 Å². The van der Waals surface area contributed by atoms with Gasteiger partial charge in [0.1, 0.15) is 30.2 Å². The summed E-state index contributed by atoms with van der Waals surface area (Å²) >= 11 is 0. The number of rotatable bonds is 8. The SMILES string of the molecule is Cc1cc(N)nc(C)c1CNc1cc(OCc2cn3cc(C4CC4)cc(C4(F)COC4)c3n2)ncn1. The fraction of sp³-hybridized carbons (Fsp3) is 0.385. The van der Waals surface area contributed by atoms with Crippen molar-refractivity contribution in [2.24, 2.45) is 0 Å². The lowest BCUT2D eigenvalue weighted by Gasteiger charge is -2.34. The molecular formula is C26H28FN7O2. The fourth-order valence-corrected chi connectivity index (χ4v) is 4.64. The molecule has 36 heavy (non-hydrogen) atoms. The van der Waals surface area contributed by atoms with Crippen molar-refractivity contribution in [2.75, 3.05) is 24.3 Å². The van der Waals surface area contributed by atoms with Crippen LogP contribution in [0.3, 0.4) is 0 Å². The van der Waals surface area contributed by atoms with E-state index in [1.54, 1.807) is 6.07 Å². The Hall–Kier alpha value is -3.79. The highest BCUT2D eigenvalue weighted by molar-refractivity contribution is 5.55. The molecule has 4 aromatic rings. The van der Waals surface area contributed by atoms with E-state index in [-0.39, 0.29) is 19.8 Å². The molecule has 0 amide bonds. The summed E-state index contributed by atoms with van der Waals surface area (Å²) < 4.78 is 28.4. The topological polar surface area (TPSA) is 112 Å². The zero-order valence-corrected chi connectivity index (χ0v) is 20.3. The van der Waals surface area contributed by atoms with E-state index < -0.39 is 5.67 Å². The minimum atomic E-state index is -1.49. The van der Waals surface area contributed by atoms with E-state index in [2.05, 4.69) is 31.4 Å². The van der Waals surface area contributed by atoms with Crippen LogP contribution in [0, 0.1) is 13.8 Å². The van der Waals surface area contributed by atoms with Crippen LogP contribution in [0.15, 0.2) is 36.9 Å². The molecule has 10 heteroatoms. The number of hydrogen-bond donors (Lipinski definition) is 2. The third-order valence-electron chi connectivity index (χ3n) is 6.85. The Kier molecular flexibility index (Phi) is 5.48. The summed E-state index contributed by atoms with van der Waals surface area (Å²) in [5.41, 5.74) is 10.4. The lowest BCUT2D eigenvalue weighted by atomic mass is 9.93. The van der Waals surface area contributed by atoms with Crippen molar-refractivity contribution in [3.63, 3.8) is 0 Å². The van der Waals surface area contributed by atoms with Crippen LogP contribution in [-0.2, 0) is 23.6 Å². The van der Waals surface area contributed by atoms with Gasteiger partial charge >= 0.3 is 0 Å². The van der Waals surface area contributed by atoms with Crippen molar-refractivity contribution >= 4 is 17.3 Å². The Balaban J connectivity index is 1.17. The summed E-state index contributed by atoms with van der Waals surface area (Å²) in [7, 11) is 0. The number of anilines is 2. The maximum atomic E-state index is 15.4. The van der Waals surface area contributed by atoms with Gasteiger partial charge < -0.3 is 24.9 Å². The van der Waals surface area contributed by atoms with Gasteiger partial charge in [-0.25, -0.2) is 24.3 Å². The monoisotopic (exact) mass is 489 g/mol. The van der Waals surface area contributed by atoms with Crippen molar-refractivity contribution < 1.29 is 13.9 Å². The second-order valence-corrected chi connectivity index (χ2v) is 9.69. The molecule has 0 unspecified atom stereocenters. The molecule has 1 saturated heterocycles. The third kappa shape index (κ3) is 4.32. The fourth-order valence-electron chi connectivity index (χ4n) is 4.64. The van der Waals surface area contributed by atoms with Crippen LogP contribution in [0.4, 0.5) is 16.0 Å². The van der Waals surface area contributed by atoms with E-state index in [9.17, 15) is 0 Å². The number of nitrogens with one attached hydrogen (secondary N) is 1. The lowest BCUT2D eigenvalue weighted by Crippen LogP contribution is -2.43. The van der Waals surface area contributed by atoms with Crippen LogP contribution in [-0.4, -0.2) is 37.6 Å². The molecule has 1 aliphatic heterocycles. The first-order chi connectivity index (χ1) is 17.4. The third-order valence-corrected chi connectivity index (χ3v) is 6.85. The van der Waals surface area contributed by atoms with Crippen molar-refractivity contribution in [3.05, 3.63) is 70.6 Å². The molecule has 2 fully saturated rings. The van der Waals surface area contributed by atoms with E-state index in [1.165, 1.54) is 6.33 Å². The Morgan fingerprint density at radius 2 is 2.00 bits per heavy atom. The zero-order valence-electron chi connectivity index (χ0n) is 20.3. The van der Waals surface area contributed by atoms with Gasteiger partial charge in [-0.3, -0.25) is 0 Å². The van der Waals surface area contributed by atoms with E-state index in [0.29, 0.717) is 46.9 Å². The molecule has 1 saturated carbocycles. The quantitative estimate of drug-likeness (QED) is 0.382. The van der Waals surface area contributed by atoms with Gasteiger partial charge in [0.2, 0.25) is 5.88 Å². The van der Waals surface area contributed by atoms with E-state index in [1.807, 2.05) is 36.6 Å². The molecule has 0 bridgehead atoms. The Bertz CT molecular complexity index is 1420. The number of imidazole rings is 1. The van der Waals surface area contributed by atoms with Gasteiger partial charge in [0.05, 0.1) is 18.9 Å².